The zero-order valence-electron chi connectivity index (χ0n) is 18.4. The lowest BCUT2D eigenvalue weighted by Gasteiger charge is -2.33. The van der Waals surface area contributed by atoms with Gasteiger partial charge in [-0.1, -0.05) is 6.07 Å². The number of fused-ring (bicyclic) bond motifs is 1. The average Bonchev–Trinajstić information content (AvgIpc) is 2.71. The number of carbonyl (C=O) groups is 3. The van der Waals surface area contributed by atoms with Crippen LogP contribution in [0.4, 0.5) is 4.79 Å². The number of hydrogen-bond acceptors (Lipinski definition) is 5. The number of ether oxygens (including phenoxy) is 2. The van der Waals surface area contributed by atoms with Crippen LogP contribution in [0, 0.1) is 5.92 Å². The third-order valence-electron chi connectivity index (χ3n) is 5.45. The van der Waals surface area contributed by atoms with Gasteiger partial charge in [-0.25, -0.2) is 4.79 Å². The van der Waals surface area contributed by atoms with Crippen LogP contribution in [0.25, 0.3) is 0 Å². The van der Waals surface area contributed by atoms with Crippen molar-refractivity contribution in [1.29, 1.82) is 0 Å². The molecular weight excluding hydrogens is 384 g/mol. The highest BCUT2D eigenvalue weighted by atomic mass is 16.6. The van der Waals surface area contributed by atoms with Gasteiger partial charge in [0.2, 0.25) is 0 Å². The molecule has 1 atom stereocenters. The van der Waals surface area contributed by atoms with E-state index in [9.17, 15) is 14.4 Å². The number of benzene rings is 1. The van der Waals surface area contributed by atoms with Crippen LogP contribution in [0.2, 0.25) is 0 Å². The monoisotopic (exact) mass is 416 g/mol. The summed E-state index contributed by atoms with van der Waals surface area (Å²) < 4.78 is 10.6. The summed E-state index contributed by atoms with van der Waals surface area (Å²) in [5, 5.41) is 0. The molecule has 0 spiro atoms. The first-order chi connectivity index (χ1) is 14.2. The first kappa shape index (κ1) is 22.1. The summed E-state index contributed by atoms with van der Waals surface area (Å²) in [6.45, 7) is 9.81. The molecular formula is C23H32N2O5. The number of hydrogen-bond donors (Lipinski definition) is 0. The zero-order chi connectivity index (χ0) is 21.9. The van der Waals surface area contributed by atoms with Crippen LogP contribution in [0.5, 0.6) is 0 Å². The Balaban J connectivity index is 1.66. The third kappa shape index (κ3) is 5.32. The lowest BCUT2D eigenvalue weighted by Crippen LogP contribution is -2.43. The smallest absolute Gasteiger partial charge is 0.410 e. The second-order valence-corrected chi connectivity index (χ2v) is 8.98. The molecule has 0 N–H and O–H groups in total. The molecule has 2 heterocycles. The molecule has 3 rings (SSSR count). The topological polar surface area (TPSA) is 76.2 Å². The average molecular weight is 417 g/mol. The van der Waals surface area contributed by atoms with Crippen LogP contribution in [-0.4, -0.2) is 59.6 Å². The molecule has 1 unspecified atom stereocenters. The van der Waals surface area contributed by atoms with Gasteiger partial charge in [-0.3, -0.25) is 9.59 Å². The van der Waals surface area contributed by atoms with Crippen molar-refractivity contribution in [2.45, 2.75) is 59.1 Å². The Bertz CT molecular complexity index is 814. The predicted octanol–water partition coefficient (Wildman–Crippen LogP) is 3.40. The first-order valence-electron chi connectivity index (χ1n) is 10.7. The highest BCUT2D eigenvalue weighted by Crippen LogP contribution is 2.25. The van der Waals surface area contributed by atoms with Gasteiger partial charge in [0.1, 0.15) is 5.60 Å². The van der Waals surface area contributed by atoms with Crippen LogP contribution >= 0.6 is 0 Å². The molecule has 164 valence electrons. The molecule has 1 aromatic rings. The number of esters is 1. The molecule has 0 bridgehead atoms. The number of rotatable bonds is 3. The minimum Gasteiger partial charge on any atom is -0.466 e. The Morgan fingerprint density at radius 2 is 1.87 bits per heavy atom. The second-order valence-electron chi connectivity index (χ2n) is 8.98. The third-order valence-corrected chi connectivity index (χ3v) is 5.45. The summed E-state index contributed by atoms with van der Waals surface area (Å²) in [6, 6.07) is 5.66. The molecule has 0 aliphatic carbocycles. The SMILES string of the molecule is CCOC(=O)C1CCCN(C(=O)c2ccc3c(c2)CCN(C(=O)OC(C)(C)C)C3)C1. The number of amides is 2. The molecule has 1 aromatic carbocycles. The van der Waals surface area contributed by atoms with Crippen LogP contribution in [0.15, 0.2) is 18.2 Å². The van der Waals surface area contributed by atoms with Gasteiger partial charge >= 0.3 is 12.1 Å². The van der Waals surface area contributed by atoms with E-state index in [-0.39, 0.29) is 23.9 Å². The Morgan fingerprint density at radius 3 is 2.57 bits per heavy atom. The second kappa shape index (κ2) is 9.06. The minimum atomic E-state index is -0.524. The standard InChI is InChI=1S/C23H32N2O5/c1-5-29-21(27)19-7-6-11-24(15-19)20(26)17-8-9-18-14-25(12-10-16(18)13-17)22(28)30-23(2,3)4/h8-9,13,19H,5-7,10-12,14-15H2,1-4H3. The Hall–Kier alpha value is -2.57. The van der Waals surface area contributed by atoms with Gasteiger partial charge < -0.3 is 19.3 Å². The summed E-state index contributed by atoms with van der Waals surface area (Å²) in [5.74, 6) is -0.522. The van der Waals surface area contributed by atoms with Crippen molar-refractivity contribution in [2.75, 3.05) is 26.2 Å². The molecule has 2 aliphatic heterocycles. The van der Waals surface area contributed by atoms with Gasteiger partial charge in [-0.05, 0) is 70.2 Å². The van der Waals surface area contributed by atoms with E-state index in [1.807, 2.05) is 39.0 Å². The maximum Gasteiger partial charge on any atom is 0.410 e. The Labute approximate surface area is 178 Å². The van der Waals surface area contributed by atoms with Crippen molar-refractivity contribution >= 4 is 18.0 Å². The largest absolute Gasteiger partial charge is 0.466 e. The number of piperidine rings is 1. The lowest BCUT2D eigenvalue weighted by molar-refractivity contribution is -0.149. The Morgan fingerprint density at radius 1 is 1.10 bits per heavy atom. The molecule has 1 fully saturated rings. The van der Waals surface area contributed by atoms with Gasteiger partial charge in [0.05, 0.1) is 12.5 Å². The molecule has 7 heteroatoms. The van der Waals surface area contributed by atoms with Crippen LogP contribution in [-0.2, 0) is 27.2 Å². The van der Waals surface area contributed by atoms with E-state index in [0.717, 1.165) is 24.0 Å². The quantitative estimate of drug-likeness (QED) is 0.706. The molecule has 30 heavy (non-hydrogen) atoms. The van der Waals surface area contributed by atoms with Crippen molar-refractivity contribution in [3.8, 4) is 0 Å². The van der Waals surface area contributed by atoms with Crippen LogP contribution < -0.4 is 0 Å². The molecule has 0 aromatic heterocycles. The van der Waals surface area contributed by atoms with E-state index in [1.54, 1.807) is 16.7 Å². The van der Waals surface area contributed by atoms with Crippen molar-refractivity contribution in [3.63, 3.8) is 0 Å². The zero-order valence-corrected chi connectivity index (χ0v) is 18.4. The molecule has 0 saturated carbocycles. The predicted molar refractivity (Wildman–Crippen MR) is 112 cm³/mol. The molecule has 2 amide bonds. The number of carbonyl (C=O) groups excluding carboxylic acids is 3. The van der Waals surface area contributed by atoms with Crippen molar-refractivity contribution in [1.82, 2.24) is 9.80 Å². The van der Waals surface area contributed by atoms with E-state index in [0.29, 0.717) is 44.8 Å². The van der Waals surface area contributed by atoms with Crippen molar-refractivity contribution in [2.24, 2.45) is 5.92 Å². The van der Waals surface area contributed by atoms with Crippen LogP contribution in [0.1, 0.15) is 62.0 Å². The maximum absolute atomic E-state index is 13.0. The molecule has 0 radical (unpaired) electrons. The fourth-order valence-corrected chi connectivity index (χ4v) is 3.97. The lowest BCUT2D eigenvalue weighted by atomic mass is 9.95. The van der Waals surface area contributed by atoms with Gasteiger partial charge in [0.15, 0.2) is 0 Å². The fourth-order valence-electron chi connectivity index (χ4n) is 3.97. The number of nitrogens with zero attached hydrogens (tertiary/aromatic N) is 2. The van der Waals surface area contributed by atoms with E-state index < -0.39 is 5.60 Å². The Kier molecular flexibility index (Phi) is 6.68. The highest BCUT2D eigenvalue weighted by Gasteiger charge is 2.31. The molecule has 2 aliphatic rings. The van der Waals surface area contributed by atoms with Gasteiger partial charge in [0, 0.05) is 31.7 Å². The maximum atomic E-state index is 13.0. The summed E-state index contributed by atoms with van der Waals surface area (Å²) >= 11 is 0. The van der Waals surface area contributed by atoms with E-state index in [2.05, 4.69) is 0 Å². The van der Waals surface area contributed by atoms with E-state index in [1.165, 1.54) is 0 Å². The molecule has 1 saturated heterocycles. The number of likely N-dealkylation sites (tertiary alicyclic amines) is 1. The fraction of sp³-hybridized carbons (Fsp3) is 0.609. The summed E-state index contributed by atoms with van der Waals surface area (Å²) in [6.07, 6.45) is 1.92. The van der Waals surface area contributed by atoms with E-state index >= 15 is 0 Å². The van der Waals surface area contributed by atoms with Crippen LogP contribution in [0.3, 0.4) is 0 Å². The van der Waals surface area contributed by atoms with Crippen molar-refractivity contribution in [3.05, 3.63) is 34.9 Å². The highest BCUT2D eigenvalue weighted by molar-refractivity contribution is 5.95. The minimum absolute atomic E-state index is 0.0543. The van der Waals surface area contributed by atoms with Gasteiger partial charge in [0.25, 0.3) is 5.91 Å². The van der Waals surface area contributed by atoms with Gasteiger partial charge in [-0.15, -0.1) is 0 Å². The summed E-state index contributed by atoms with van der Waals surface area (Å²) in [5.41, 5.74) is 2.22. The van der Waals surface area contributed by atoms with Gasteiger partial charge in [-0.2, -0.15) is 0 Å². The molecule has 7 nitrogen and oxygen atoms in total. The van der Waals surface area contributed by atoms with E-state index in [4.69, 9.17) is 9.47 Å². The normalized spacial score (nSPS) is 19.1. The summed E-state index contributed by atoms with van der Waals surface area (Å²) in [7, 11) is 0. The summed E-state index contributed by atoms with van der Waals surface area (Å²) in [4.78, 5) is 40.9. The first-order valence-corrected chi connectivity index (χ1v) is 10.7. The van der Waals surface area contributed by atoms with Crippen molar-refractivity contribution < 1.29 is 23.9 Å².